The highest BCUT2D eigenvalue weighted by molar-refractivity contribution is 6.31. The summed E-state index contributed by atoms with van der Waals surface area (Å²) in [6.45, 7) is 7.67. The molecule has 122 valence electrons. The van der Waals surface area contributed by atoms with Crippen LogP contribution in [0.2, 0.25) is 5.02 Å². The van der Waals surface area contributed by atoms with Crippen LogP contribution in [0, 0.1) is 0 Å². The highest BCUT2D eigenvalue weighted by atomic mass is 35.5. The fraction of sp³-hybridized carbons (Fsp3) is 0.500. The van der Waals surface area contributed by atoms with E-state index < -0.39 is 0 Å². The Morgan fingerprint density at radius 3 is 2.64 bits per heavy atom. The van der Waals surface area contributed by atoms with E-state index in [-0.39, 0.29) is 11.9 Å². The molecule has 22 heavy (non-hydrogen) atoms. The zero-order valence-corrected chi connectivity index (χ0v) is 14.2. The molecule has 0 saturated heterocycles. The van der Waals surface area contributed by atoms with E-state index in [4.69, 9.17) is 11.6 Å². The predicted octanol–water partition coefficient (Wildman–Crippen LogP) is 2.31. The Morgan fingerprint density at radius 2 is 2.00 bits per heavy atom. The van der Waals surface area contributed by atoms with Crippen molar-refractivity contribution in [3.63, 3.8) is 0 Å². The number of aliphatic imine (C=N–C) groups is 1. The second kappa shape index (κ2) is 10.1. The highest BCUT2D eigenvalue weighted by Gasteiger charge is 2.04. The molecular formula is C16H25ClN4O. The monoisotopic (exact) mass is 324 g/mol. The molecule has 0 aliphatic heterocycles. The van der Waals surface area contributed by atoms with Gasteiger partial charge >= 0.3 is 0 Å². The first-order chi connectivity index (χ1) is 10.5. The summed E-state index contributed by atoms with van der Waals surface area (Å²) in [6.07, 6.45) is 0.411. The van der Waals surface area contributed by atoms with Crippen molar-refractivity contribution in [1.82, 2.24) is 16.0 Å². The Morgan fingerprint density at radius 1 is 1.27 bits per heavy atom. The van der Waals surface area contributed by atoms with Gasteiger partial charge in [0.25, 0.3) is 0 Å². The van der Waals surface area contributed by atoms with Gasteiger partial charge in [0.15, 0.2) is 5.96 Å². The van der Waals surface area contributed by atoms with E-state index in [1.54, 1.807) is 0 Å². The minimum atomic E-state index is 0.0319. The molecule has 0 spiro atoms. The molecule has 1 aromatic carbocycles. The van der Waals surface area contributed by atoms with Gasteiger partial charge in [-0.2, -0.15) is 0 Å². The Labute approximate surface area is 137 Å². The van der Waals surface area contributed by atoms with E-state index in [0.717, 1.165) is 12.1 Å². The lowest BCUT2D eigenvalue weighted by Gasteiger charge is -2.12. The van der Waals surface area contributed by atoms with Crippen molar-refractivity contribution in [3.05, 3.63) is 34.9 Å². The summed E-state index contributed by atoms with van der Waals surface area (Å²) in [5.41, 5.74) is 0.971. The number of halogens is 1. The molecule has 1 amide bonds. The summed E-state index contributed by atoms with van der Waals surface area (Å²) >= 11 is 6.12. The summed E-state index contributed by atoms with van der Waals surface area (Å²) in [4.78, 5) is 16.1. The lowest BCUT2D eigenvalue weighted by atomic mass is 10.2. The second-order valence-corrected chi connectivity index (χ2v) is 5.59. The third-order valence-electron chi connectivity index (χ3n) is 2.80. The second-order valence-electron chi connectivity index (χ2n) is 5.19. The van der Waals surface area contributed by atoms with Gasteiger partial charge in [0.05, 0.1) is 6.54 Å². The van der Waals surface area contributed by atoms with Gasteiger partial charge in [0.1, 0.15) is 0 Å². The Kier molecular flexibility index (Phi) is 8.36. The van der Waals surface area contributed by atoms with Crippen LogP contribution in [-0.4, -0.2) is 31.0 Å². The first-order valence-corrected chi connectivity index (χ1v) is 7.95. The van der Waals surface area contributed by atoms with Gasteiger partial charge in [-0.15, -0.1) is 0 Å². The Hall–Kier alpha value is -1.75. The van der Waals surface area contributed by atoms with Crippen molar-refractivity contribution in [1.29, 1.82) is 0 Å². The van der Waals surface area contributed by atoms with Crippen molar-refractivity contribution in [3.8, 4) is 0 Å². The fourth-order valence-corrected chi connectivity index (χ4v) is 2.02. The van der Waals surface area contributed by atoms with Crippen LogP contribution in [0.1, 0.15) is 32.8 Å². The van der Waals surface area contributed by atoms with Crippen molar-refractivity contribution in [2.24, 2.45) is 4.99 Å². The zero-order chi connectivity index (χ0) is 16.4. The first-order valence-electron chi connectivity index (χ1n) is 7.57. The number of carbonyl (C=O) groups excluding carboxylic acids is 1. The van der Waals surface area contributed by atoms with E-state index in [9.17, 15) is 4.79 Å². The number of amides is 1. The summed E-state index contributed by atoms with van der Waals surface area (Å²) in [7, 11) is 0. The van der Waals surface area contributed by atoms with Crippen molar-refractivity contribution < 1.29 is 4.79 Å². The van der Waals surface area contributed by atoms with Crippen molar-refractivity contribution >= 4 is 23.5 Å². The molecule has 0 aromatic heterocycles. The molecule has 0 aliphatic rings. The number of hydrogen-bond acceptors (Lipinski definition) is 2. The highest BCUT2D eigenvalue weighted by Crippen LogP contribution is 2.15. The van der Waals surface area contributed by atoms with Gasteiger partial charge in [-0.1, -0.05) is 29.8 Å². The molecule has 1 aromatic rings. The predicted molar refractivity (Wildman–Crippen MR) is 92.2 cm³/mol. The van der Waals surface area contributed by atoms with Crippen molar-refractivity contribution in [2.45, 2.75) is 39.8 Å². The zero-order valence-electron chi connectivity index (χ0n) is 13.4. The summed E-state index contributed by atoms with van der Waals surface area (Å²) in [5.74, 6) is 0.712. The van der Waals surface area contributed by atoms with Crippen LogP contribution >= 0.6 is 11.6 Å². The summed E-state index contributed by atoms with van der Waals surface area (Å²) in [6, 6.07) is 7.79. The molecule has 0 aliphatic carbocycles. The first kappa shape index (κ1) is 18.3. The quantitative estimate of drug-likeness (QED) is 0.532. The van der Waals surface area contributed by atoms with Crippen LogP contribution in [0.5, 0.6) is 0 Å². The molecule has 3 N–H and O–H groups in total. The van der Waals surface area contributed by atoms with E-state index in [1.807, 2.05) is 45.0 Å². The summed E-state index contributed by atoms with van der Waals surface area (Å²) < 4.78 is 0. The number of rotatable bonds is 7. The van der Waals surface area contributed by atoms with Crippen LogP contribution in [0.25, 0.3) is 0 Å². The average molecular weight is 325 g/mol. The molecule has 0 heterocycles. The van der Waals surface area contributed by atoms with Gasteiger partial charge < -0.3 is 16.0 Å². The normalized spacial score (nSPS) is 11.4. The smallest absolute Gasteiger partial charge is 0.221 e. The SMILES string of the molecule is CCNC(=NCc1ccccc1Cl)NCCC(=O)NC(C)C. The number of nitrogens with zero attached hydrogens (tertiary/aromatic N) is 1. The number of carbonyl (C=O) groups is 1. The van der Waals surface area contributed by atoms with E-state index >= 15 is 0 Å². The Balaban J connectivity index is 2.49. The maximum Gasteiger partial charge on any atom is 0.221 e. The van der Waals surface area contributed by atoms with Crippen LogP contribution in [0.4, 0.5) is 0 Å². The third kappa shape index (κ3) is 7.31. The standard InChI is InChI=1S/C16H25ClN4O/c1-4-18-16(19-10-9-15(22)21-12(2)3)20-11-13-7-5-6-8-14(13)17/h5-8,12H,4,9-11H2,1-3H3,(H,21,22)(H2,18,19,20). The maximum atomic E-state index is 11.6. The number of hydrogen-bond donors (Lipinski definition) is 3. The van der Waals surface area contributed by atoms with Gasteiger partial charge in [-0.25, -0.2) is 4.99 Å². The molecule has 0 radical (unpaired) electrons. The van der Waals surface area contributed by atoms with E-state index in [0.29, 0.717) is 30.5 Å². The van der Waals surface area contributed by atoms with Gasteiger partial charge in [0.2, 0.25) is 5.91 Å². The molecule has 6 heteroatoms. The molecule has 0 saturated carbocycles. The third-order valence-corrected chi connectivity index (χ3v) is 3.17. The molecule has 1 rings (SSSR count). The number of guanidine groups is 1. The number of benzene rings is 1. The van der Waals surface area contributed by atoms with E-state index in [2.05, 4.69) is 20.9 Å². The van der Waals surface area contributed by atoms with Crippen LogP contribution in [0.15, 0.2) is 29.3 Å². The lowest BCUT2D eigenvalue weighted by Crippen LogP contribution is -2.40. The number of nitrogens with one attached hydrogen (secondary N) is 3. The van der Waals surface area contributed by atoms with Crippen LogP contribution < -0.4 is 16.0 Å². The van der Waals surface area contributed by atoms with E-state index in [1.165, 1.54) is 0 Å². The van der Waals surface area contributed by atoms with Gasteiger partial charge in [-0.05, 0) is 32.4 Å². The molecule has 0 bridgehead atoms. The average Bonchev–Trinajstić information content (AvgIpc) is 2.45. The Bertz CT molecular complexity index is 503. The lowest BCUT2D eigenvalue weighted by molar-refractivity contribution is -0.121. The van der Waals surface area contributed by atoms with Gasteiger partial charge in [0, 0.05) is 30.6 Å². The molecular weight excluding hydrogens is 300 g/mol. The van der Waals surface area contributed by atoms with Crippen LogP contribution in [0.3, 0.4) is 0 Å². The topological polar surface area (TPSA) is 65.5 Å². The fourth-order valence-electron chi connectivity index (χ4n) is 1.82. The largest absolute Gasteiger partial charge is 0.357 e. The molecule has 5 nitrogen and oxygen atoms in total. The minimum absolute atomic E-state index is 0.0319. The molecule has 0 fully saturated rings. The van der Waals surface area contributed by atoms with Crippen LogP contribution in [-0.2, 0) is 11.3 Å². The maximum absolute atomic E-state index is 11.6. The van der Waals surface area contributed by atoms with Crippen molar-refractivity contribution in [2.75, 3.05) is 13.1 Å². The van der Waals surface area contributed by atoms with Gasteiger partial charge in [-0.3, -0.25) is 4.79 Å². The molecule has 0 atom stereocenters. The summed E-state index contributed by atoms with van der Waals surface area (Å²) in [5, 5.41) is 9.86. The minimum Gasteiger partial charge on any atom is -0.357 e. The molecule has 0 unspecified atom stereocenters.